The third-order valence-electron chi connectivity index (χ3n) is 6.86. The van der Waals surface area contributed by atoms with Crippen molar-refractivity contribution in [1.29, 1.82) is 0 Å². The molecule has 0 aromatic heterocycles. The first-order chi connectivity index (χ1) is 20.4. The highest BCUT2D eigenvalue weighted by molar-refractivity contribution is 5.89. The number of amides is 4. The van der Waals surface area contributed by atoms with Crippen LogP contribution in [0.25, 0.3) is 0 Å². The van der Waals surface area contributed by atoms with Crippen LogP contribution < -0.4 is 43.4 Å². The van der Waals surface area contributed by atoms with E-state index in [0.717, 1.165) is 70.6 Å². The molecule has 0 aliphatic rings. The van der Waals surface area contributed by atoms with Gasteiger partial charge < -0.3 is 43.4 Å². The summed E-state index contributed by atoms with van der Waals surface area (Å²) in [4.78, 5) is 50.3. The molecule has 0 heterocycles. The van der Waals surface area contributed by atoms with E-state index in [4.69, 9.17) is 11.5 Å². The van der Waals surface area contributed by atoms with Crippen molar-refractivity contribution in [2.75, 3.05) is 52.4 Å². The normalized spacial score (nSPS) is 12.4. The topological polar surface area (TPSA) is 193 Å². The second-order valence-electron chi connectivity index (χ2n) is 10.8. The number of carbonyl (C=O) groups is 4. The Bertz CT molecular complexity index is 711. The Morgan fingerprint density at radius 1 is 0.476 bits per heavy atom. The molecule has 0 spiro atoms. The molecule has 0 saturated carbocycles. The lowest BCUT2D eigenvalue weighted by Crippen LogP contribution is -2.48. The van der Waals surface area contributed by atoms with E-state index in [1.165, 1.54) is 0 Å². The maximum Gasteiger partial charge on any atom is 0.237 e. The van der Waals surface area contributed by atoms with Gasteiger partial charge in [0.05, 0.1) is 24.9 Å². The van der Waals surface area contributed by atoms with Crippen molar-refractivity contribution in [2.24, 2.45) is 11.5 Å². The maximum atomic E-state index is 12.7. The van der Waals surface area contributed by atoms with Crippen LogP contribution in [-0.2, 0) is 19.2 Å². The Kier molecular flexibility index (Phi) is 27.3. The maximum absolute atomic E-state index is 12.7. The van der Waals surface area contributed by atoms with E-state index in [0.29, 0.717) is 58.8 Å². The van der Waals surface area contributed by atoms with Crippen LogP contribution in [0.1, 0.15) is 104 Å². The molecule has 4 amide bonds. The summed E-state index contributed by atoms with van der Waals surface area (Å²) in [6.07, 6.45) is 11.0. The summed E-state index contributed by atoms with van der Waals surface area (Å²) in [6, 6.07) is -1.19. The first kappa shape index (κ1) is 39.7. The first-order valence-electron chi connectivity index (χ1n) is 16.3. The van der Waals surface area contributed by atoms with Gasteiger partial charge in [-0.3, -0.25) is 19.2 Å². The summed E-state index contributed by atoms with van der Waals surface area (Å²) < 4.78 is 0. The number of nitrogens with two attached hydrogens (primary N) is 2. The molecule has 246 valence electrons. The molecule has 10 N–H and O–H groups in total. The van der Waals surface area contributed by atoms with Gasteiger partial charge in [-0.05, 0) is 77.5 Å². The molecule has 2 unspecified atom stereocenters. The van der Waals surface area contributed by atoms with Crippen molar-refractivity contribution in [3.05, 3.63) is 0 Å². The molecule has 0 aromatic rings. The molecule has 2 atom stereocenters. The predicted molar refractivity (Wildman–Crippen MR) is 170 cm³/mol. The molecule has 42 heavy (non-hydrogen) atoms. The Labute approximate surface area is 254 Å². The van der Waals surface area contributed by atoms with E-state index < -0.39 is 12.1 Å². The van der Waals surface area contributed by atoms with Gasteiger partial charge in [-0.25, -0.2) is 0 Å². The lowest BCUT2D eigenvalue weighted by molar-refractivity contribution is -0.128. The van der Waals surface area contributed by atoms with Gasteiger partial charge in [0.25, 0.3) is 0 Å². The zero-order valence-electron chi connectivity index (χ0n) is 26.5. The highest BCUT2D eigenvalue weighted by atomic mass is 16.2. The molecule has 0 fully saturated rings. The van der Waals surface area contributed by atoms with Crippen LogP contribution in [0.4, 0.5) is 0 Å². The van der Waals surface area contributed by atoms with Crippen LogP contribution in [0.5, 0.6) is 0 Å². The summed E-state index contributed by atoms with van der Waals surface area (Å²) in [5.74, 6) is -0.671. The van der Waals surface area contributed by atoms with E-state index >= 15 is 0 Å². The first-order valence-corrected chi connectivity index (χ1v) is 16.3. The van der Waals surface area contributed by atoms with Crippen molar-refractivity contribution >= 4 is 23.6 Å². The number of carbonyl (C=O) groups excluding carboxylic acids is 4. The standard InChI is InChI=1S/C30H62N8O4/c1-3-5-9-21-37-29(41)25(33-17-11-7-15-31)23-28(40)36-20-14-13-18-34-26(30(42)38-22-10-6-4-2)24-27(39)35-19-12-8-16-32/h25-26,33-34H,3-24,31-32H2,1-2H3,(H,35,39)(H,36,40)(H,37,41)(H,38,42). The fraction of sp³-hybridized carbons (Fsp3) is 0.867. The zero-order chi connectivity index (χ0) is 31.3. The quantitative estimate of drug-likeness (QED) is 0.0579. The molecule has 12 heteroatoms. The summed E-state index contributed by atoms with van der Waals surface area (Å²) in [5, 5.41) is 18.0. The predicted octanol–water partition coefficient (Wildman–Crippen LogP) is 0.786. The van der Waals surface area contributed by atoms with Crippen LogP contribution in [0.3, 0.4) is 0 Å². The fourth-order valence-electron chi connectivity index (χ4n) is 4.25. The number of unbranched alkanes of at least 4 members (excludes halogenated alkanes) is 7. The highest BCUT2D eigenvalue weighted by Gasteiger charge is 2.22. The third kappa shape index (κ3) is 23.3. The van der Waals surface area contributed by atoms with Crippen LogP contribution in [-0.4, -0.2) is 88.1 Å². The Morgan fingerprint density at radius 3 is 1.21 bits per heavy atom. The summed E-state index contributed by atoms with van der Waals surface area (Å²) in [6.45, 7) is 8.77. The van der Waals surface area contributed by atoms with Crippen molar-refractivity contribution in [3.63, 3.8) is 0 Å². The molecule has 0 bridgehead atoms. The second-order valence-corrected chi connectivity index (χ2v) is 10.8. The van der Waals surface area contributed by atoms with Gasteiger partial charge in [-0.2, -0.15) is 0 Å². The van der Waals surface area contributed by atoms with Gasteiger partial charge in [-0.15, -0.1) is 0 Å². The van der Waals surface area contributed by atoms with Gasteiger partial charge >= 0.3 is 0 Å². The Balaban J connectivity index is 4.58. The van der Waals surface area contributed by atoms with Crippen molar-refractivity contribution in [2.45, 2.75) is 116 Å². The Hall–Kier alpha value is -2.28. The monoisotopic (exact) mass is 598 g/mol. The SMILES string of the molecule is CCCCCNC(=O)C(CC(=O)NCCCCNC(CC(=O)NCCCCN)C(=O)NCCCCC)NCCCCN. The molecule has 12 nitrogen and oxygen atoms in total. The van der Waals surface area contributed by atoms with Crippen molar-refractivity contribution in [1.82, 2.24) is 31.9 Å². The molecule has 0 aliphatic heterocycles. The van der Waals surface area contributed by atoms with E-state index in [2.05, 4.69) is 45.7 Å². The second kappa shape index (κ2) is 28.8. The molecule has 0 radical (unpaired) electrons. The number of hydrogen-bond acceptors (Lipinski definition) is 8. The van der Waals surface area contributed by atoms with Crippen molar-refractivity contribution in [3.8, 4) is 0 Å². The van der Waals surface area contributed by atoms with Gasteiger partial charge in [0.15, 0.2) is 0 Å². The van der Waals surface area contributed by atoms with E-state index in [1.54, 1.807) is 0 Å². The summed E-state index contributed by atoms with van der Waals surface area (Å²) in [7, 11) is 0. The third-order valence-corrected chi connectivity index (χ3v) is 6.86. The number of hydrogen-bond donors (Lipinski definition) is 8. The van der Waals surface area contributed by atoms with Gasteiger partial charge in [0, 0.05) is 26.2 Å². The van der Waals surface area contributed by atoms with E-state index in [9.17, 15) is 19.2 Å². The smallest absolute Gasteiger partial charge is 0.237 e. The van der Waals surface area contributed by atoms with Gasteiger partial charge in [-0.1, -0.05) is 39.5 Å². The number of rotatable bonds is 29. The molecular formula is C30H62N8O4. The highest BCUT2D eigenvalue weighted by Crippen LogP contribution is 2.00. The van der Waals surface area contributed by atoms with Gasteiger partial charge in [0.2, 0.25) is 23.6 Å². The average Bonchev–Trinajstić information content (AvgIpc) is 2.98. The van der Waals surface area contributed by atoms with Crippen LogP contribution >= 0.6 is 0 Å². The molecule has 0 aromatic carbocycles. The molecule has 0 aliphatic carbocycles. The summed E-state index contributed by atoms with van der Waals surface area (Å²) in [5.41, 5.74) is 11.1. The minimum atomic E-state index is -0.613. The minimum absolute atomic E-state index is 0.0686. The van der Waals surface area contributed by atoms with Gasteiger partial charge in [0.1, 0.15) is 0 Å². The largest absolute Gasteiger partial charge is 0.356 e. The zero-order valence-corrected chi connectivity index (χ0v) is 26.5. The Morgan fingerprint density at radius 2 is 0.810 bits per heavy atom. The van der Waals surface area contributed by atoms with E-state index in [-0.39, 0.29) is 36.5 Å². The van der Waals surface area contributed by atoms with Crippen molar-refractivity contribution < 1.29 is 19.2 Å². The lowest BCUT2D eigenvalue weighted by atomic mass is 10.1. The van der Waals surface area contributed by atoms with Crippen LogP contribution in [0.2, 0.25) is 0 Å². The molecular weight excluding hydrogens is 536 g/mol. The average molecular weight is 599 g/mol. The molecule has 0 saturated heterocycles. The number of nitrogens with one attached hydrogen (secondary N) is 6. The fourth-order valence-corrected chi connectivity index (χ4v) is 4.25. The van der Waals surface area contributed by atoms with E-state index in [1.807, 2.05) is 0 Å². The lowest BCUT2D eigenvalue weighted by Gasteiger charge is -2.19. The minimum Gasteiger partial charge on any atom is -0.356 e. The summed E-state index contributed by atoms with van der Waals surface area (Å²) >= 11 is 0. The molecule has 0 rings (SSSR count). The van der Waals surface area contributed by atoms with Crippen LogP contribution in [0, 0.1) is 0 Å². The van der Waals surface area contributed by atoms with Crippen LogP contribution in [0.15, 0.2) is 0 Å².